The second-order valence-corrected chi connectivity index (χ2v) is 5.28. The first-order valence-corrected chi connectivity index (χ1v) is 8.07. The fourth-order valence-corrected chi connectivity index (χ4v) is 2.48. The van der Waals surface area contributed by atoms with Gasteiger partial charge < -0.3 is 9.30 Å². The number of amides is 1. The van der Waals surface area contributed by atoms with Gasteiger partial charge in [0.25, 0.3) is 5.91 Å². The average molecular weight is 333 g/mol. The SMILES string of the molecule is CCOc1ccccc1/C=N/NC(=O)c1ccccc1-n1cccc1. The molecule has 3 rings (SSSR count). The third-order valence-corrected chi connectivity index (χ3v) is 3.62. The molecule has 0 saturated heterocycles. The molecule has 0 saturated carbocycles. The summed E-state index contributed by atoms with van der Waals surface area (Å²) >= 11 is 0. The maximum absolute atomic E-state index is 12.5. The number of hydrogen-bond acceptors (Lipinski definition) is 3. The van der Waals surface area contributed by atoms with Crippen LogP contribution < -0.4 is 10.2 Å². The Labute approximate surface area is 146 Å². The molecule has 0 aliphatic heterocycles. The van der Waals surface area contributed by atoms with Crippen LogP contribution >= 0.6 is 0 Å². The van der Waals surface area contributed by atoms with Crippen LogP contribution in [0.1, 0.15) is 22.8 Å². The zero-order chi connectivity index (χ0) is 17.5. The van der Waals surface area contributed by atoms with Crippen LogP contribution in [0.3, 0.4) is 0 Å². The van der Waals surface area contributed by atoms with Crippen molar-refractivity contribution in [3.05, 3.63) is 84.2 Å². The number of rotatable bonds is 6. The minimum absolute atomic E-state index is 0.269. The molecular formula is C20H19N3O2. The van der Waals surface area contributed by atoms with Crippen molar-refractivity contribution in [2.75, 3.05) is 6.61 Å². The molecule has 0 spiro atoms. The molecule has 0 radical (unpaired) electrons. The maximum atomic E-state index is 12.5. The average Bonchev–Trinajstić information content (AvgIpc) is 3.18. The summed E-state index contributed by atoms with van der Waals surface area (Å²) in [4.78, 5) is 12.5. The standard InChI is InChI=1S/C20H19N3O2/c1-2-25-19-12-6-3-9-16(19)15-21-22-20(24)17-10-4-5-11-18(17)23-13-7-8-14-23/h3-15H,2H2,1H3,(H,22,24)/b21-15+. The van der Waals surface area contributed by atoms with Crippen LogP contribution in [0.15, 0.2) is 78.2 Å². The highest BCUT2D eigenvalue weighted by molar-refractivity contribution is 5.98. The van der Waals surface area contributed by atoms with Gasteiger partial charge in [0.05, 0.1) is 24.1 Å². The largest absolute Gasteiger partial charge is 0.493 e. The molecule has 1 aromatic heterocycles. The normalized spacial score (nSPS) is 10.8. The zero-order valence-corrected chi connectivity index (χ0v) is 13.9. The third kappa shape index (κ3) is 3.95. The second-order valence-electron chi connectivity index (χ2n) is 5.28. The van der Waals surface area contributed by atoms with Gasteiger partial charge in [-0.15, -0.1) is 0 Å². The lowest BCUT2D eigenvalue weighted by atomic mass is 10.1. The first-order chi connectivity index (χ1) is 12.3. The van der Waals surface area contributed by atoms with E-state index in [9.17, 15) is 4.79 Å². The fraction of sp³-hybridized carbons (Fsp3) is 0.100. The highest BCUT2D eigenvalue weighted by atomic mass is 16.5. The number of carbonyl (C=O) groups is 1. The summed E-state index contributed by atoms with van der Waals surface area (Å²) in [5.41, 5.74) is 4.74. The van der Waals surface area contributed by atoms with Crippen molar-refractivity contribution in [2.24, 2.45) is 5.10 Å². The van der Waals surface area contributed by atoms with E-state index in [1.807, 2.05) is 78.5 Å². The van der Waals surface area contributed by atoms with Gasteiger partial charge in [-0.2, -0.15) is 5.10 Å². The molecule has 0 unspecified atom stereocenters. The summed E-state index contributed by atoms with van der Waals surface area (Å²) in [6, 6.07) is 18.8. The molecule has 5 heteroatoms. The lowest BCUT2D eigenvalue weighted by molar-refractivity contribution is 0.0955. The number of hydrogen-bond donors (Lipinski definition) is 1. The number of nitrogens with one attached hydrogen (secondary N) is 1. The van der Waals surface area contributed by atoms with Gasteiger partial charge in [0, 0.05) is 18.0 Å². The minimum Gasteiger partial charge on any atom is -0.493 e. The first kappa shape index (κ1) is 16.5. The van der Waals surface area contributed by atoms with Gasteiger partial charge >= 0.3 is 0 Å². The number of hydrazone groups is 1. The monoisotopic (exact) mass is 333 g/mol. The Balaban J connectivity index is 1.76. The van der Waals surface area contributed by atoms with Crippen LogP contribution in [0.2, 0.25) is 0 Å². The number of aromatic nitrogens is 1. The van der Waals surface area contributed by atoms with Crippen molar-refractivity contribution in [3.63, 3.8) is 0 Å². The Bertz CT molecular complexity index is 870. The van der Waals surface area contributed by atoms with E-state index in [1.165, 1.54) is 0 Å². The Hall–Kier alpha value is -3.34. The van der Waals surface area contributed by atoms with E-state index >= 15 is 0 Å². The molecule has 1 heterocycles. The highest BCUT2D eigenvalue weighted by Gasteiger charge is 2.11. The molecule has 25 heavy (non-hydrogen) atoms. The minimum atomic E-state index is -0.269. The van der Waals surface area contributed by atoms with Gasteiger partial charge in [-0.05, 0) is 43.3 Å². The van der Waals surface area contributed by atoms with Crippen LogP contribution in [-0.2, 0) is 0 Å². The first-order valence-electron chi connectivity index (χ1n) is 8.07. The van der Waals surface area contributed by atoms with Gasteiger partial charge in [0.15, 0.2) is 0 Å². The molecule has 2 aromatic carbocycles. The van der Waals surface area contributed by atoms with E-state index in [1.54, 1.807) is 12.3 Å². The number of ether oxygens (including phenoxy) is 1. The fourth-order valence-electron chi connectivity index (χ4n) is 2.48. The zero-order valence-electron chi connectivity index (χ0n) is 13.9. The Morgan fingerprint density at radius 3 is 2.60 bits per heavy atom. The second kappa shape index (κ2) is 7.97. The summed E-state index contributed by atoms with van der Waals surface area (Å²) in [6.45, 7) is 2.50. The summed E-state index contributed by atoms with van der Waals surface area (Å²) in [5.74, 6) is 0.463. The van der Waals surface area contributed by atoms with Gasteiger partial charge in [0.1, 0.15) is 5.75 Å². The van der Waals surface area contributed by atoms with Crippen molar-refractivity contribution in [1.29, 1.82) is 0 Å². The van der Waals surface area contributed by atoms with Gasteiger partial charge in [-0.1, -0.05) is 24.3 Å². The molecular weight excluding hydrogens is 314 g/mol. The molecule has 3 aromatic rings. The summed E-state index contributed by atoms with van der Waals surface area (Å²) < 4.78 is 7.43. The molecule has 0 bridgehead atoms. The van der Waals surface area contributed by atoms with E-state index in [0.717, 1.165) is 17.0 Å². The maximum Gasteiger partial charge on any atom is 0.273 e. The van der Waals surface area contributed by atoms with E-state index in [4.69, 9.17) is 4.74 Å². The van der Waals surface area contributed by atoms with E-state index in [-0.39, 0.29) is 5.91 Å². The van der Waals surface area contributed by atoms with Crippen molar-refractivity contribution >= 4 is 12.1 Å². The highest BCUT2D eigenvalue weighted by Crippen LogP contribution is 2.16. The van der Waals surface area contributed by atoms with E-state index in [2.05, 4.69) is 10.5 Å². The van der Waals surface area contributed by atoms with Gasteiger partial charge in [-0.3, -0.25) is 4.79 Å². The van der Waals surface area contributed by atoms with Crippen molar-refractivity contribution in [3.8, 4) is 11.4 Å². The molecule has 1 amide bonds. The number of carbonyl (C=O) groups excluding carboxylic acids is 1. The Morgan fingerprint density at radius 2 is 1.80 bits per heavy atom. The number of nitrogens with zero attached hydrogens (tertiary/aromatic N) is 2. The molecule has 126 valence electrons. The molecule has 0 aliphatic rings. The summed E-state index contributed by atoms with van der Waals surface area (Å²) in [6.07, 6.45) is 5.38. The molecule has 1 N–H and O–H groups in total. The van der Waals surface area contributed by atoms with Crippen molar-refractivity contribution < 1.29 is 9.53 Å². The quantitative estimate of drug-likeness (QED) is 0.553. The Kier molecular flexibility index (Phi) is 5.26. The molecule has 0 atom stereocenters. The van der Waals surface area contributed by atoms with Crippen LogP contribution in [0.25, 0.3) is 5.69 Å². The van der Waals surface area contributed by atoms with E-state index < -0.39 is 0 Å². The summed E-state index contributed by atoms with van der Waals surface area (Å²) in [5, 5.41) is 4.07. The Morgan fingerprint density at radius 1 is 1.08 bits per heavy atom. The summed E-state index contributed by atoms with van der Waals surface area (Å²) in [7, 11) is 0. The smallest absolute Gasteiger partial charge is 0.273 e. The predicted molar refractivity (Wildman–Crippen MR) is 98.4 cm³/mol. The van der Waals surface area contributed by atoms with Crippen LogP contribution in [0.5, 0.6) is 5.75 Å². The van der Waals surface area contributed by atoms with Gasteiger partial charge in [0.2, 0.25) is 0 Å². The van der Waals surface area contributed by atoms with Crippen LogP contribution in [0.4, 0.5) is 0 Å². The van der Waals surface area contributed by atoms with Crippen molar-refractivity contribution in [2.45, 2.75) is 6.92 Å². The number of benzene rings is 2. The topological polar surface area (TPSA) is 55.6 Å². The lowest BCUT2D eigenvalue weighted by Crippen LogP contribution is -2.19. The molecule has 0 aliphatic carbocycles. The van der Waals surface area contributed by atoms with E-state index in [0.29, 0.717) is 12.2 Å². The van der Waals surface area contributed by atoms with Gasteiger partial charge in [-0.25, -0.2) is 5.43 Å². The lowest BCUT2D eigenvalue weighted by Gasteiger charge is -2.09. The molecule has 0 fully saturated rings. The van der Waals surface area contributed by atoms with Crippen molar-refractivity contribution in [1.82, 2.24) is 9.99 Å². The predicted octanol–water partition coefficient (Wildman–Crippen LogP) is 3.64. The van der Waals surface area contributed by atoms with Crippen LogP contribution in [-0.4, -0.2) is 23.3 Å². The molecule has 5 nitrogen and oxygen atoms in total. The number of para-hydroxylation sites is 2. The van der Waals surface area contributed by atoms with Crippen LogP contribution in [0, 0.1) is 0 Å². The third-order valence-electron chi connectivity index (χ3n) is 3.62.